The molecule has 0 radical (unpaired) electrons. The molecular weight excluding hydrogens is 292 g/mol. The maximum Gasteiger partial charge on any atom is 0.270 e. The van der Waals surface area contributed by atoms with Crippen LogP contribution in [0.3, 0.4) is 0 Å². The Balaban J connectivity index is 2.04. The largest absolute Gasteiger partial charge is 0.341 e. The molecule has 1 aromatic carbocycles. The summed E-state index contributed by atoms with van der Waals surface area (Å²) in [7, 11) is 0. The number of benzene rings is 1. The van der Waals surface area contributed by atoms with E-state index in [4.69, 9.17) is 5.26 Å². The van der Waals surface area contributed by atoms with Crippen molar-refractivity contribution in [3.8, 4) is 6.07 Å². The molecule has 21 heavy (non-hydrogen) atoms. The molecule has 0 amide bonds. The lowest BCUT2D eigenvalue weighted by Gasteiger charge is -2.03. The van der Waals surface area contributed by atoms with Crippen molar-refractivity contribution in [1.29, 1.82) is 5.26 Å². The number of nitrogens with one attached hydrogen (secondary N) is 1. The summed E-state index contributed by atoms with van der Waals surface area (Å²) in [5.74, 6) is 0. The lowest BCUT2D eigenvalue weighted by Crippen LogP contribution is -1.91. The lowest BCUT2D eigenvalue weighted by molar-refractivity contribution is -0.384. The van der Waals surface area contributed by atoms with Gasteiger partial charge in [-0.05, 0) is 6.07 Å². The first-order valence-electron chi connectivity index (χ1n) is 5.69. The normalized spacial score (nSPS) is 10.4. The molecule has 0 aliphatic heterocycles. The third kappa shape index (κ3) is 2.39. The Bertz CT molecular complexity index is 885. The van der Waals surface area contributed by atoms with Gasteiger partial charge in [-0.1, -0.05) is 11.8 Å². The molecule has 0 aliphatic carbocycles. The molecule has 1 N–H and O–H groups in total. The van der Waals surface area contributed by atoms with Crippen molar-refractivity contribution in [2.24, 2.45) is 0 Å². The summed E-state index contributed by atoms with van der Waals surface area (Å²) >= 11 is 1.23. The van der Waals surface area contributed by atoms with Crippen molar-refractivity contribution in [3.05, 3.63) is 46.5 Å². The van der Waals surface area contributed by atoms with E-state index in [0.29, 0.717) is 21.1 Å². The zero-order chi connectivity index (χ0) is 14.8. The van der Waals surface area contributed by atoms with Crippen LogP contribution in [0.2, 0.25) is 0 Å². The van der Waals surface area contributed by atoms with Crippen molar-refractivity contribution in [1.82, 2.24) is 19.9 Å². The second-order valence-corrected chi connectivity index (χ2v) is 4.96. The molecule has 0 atom stereocenters. The zero-order valence-electron chi connectivity index (χ0n) is 10.3. The third-order valence-corrected chi connectivity index (χ3v) is 3.77. The van der Waals surface area contributed by atoms with Crippen LogP contribution in [0.25, 0.3) is 11.2 Å². The maximum atomic E-state index is 10.7. The predicted molar refractivity (Wildman–Crippen MR) is 73.6 cm³/mol. The van der Waals surface area contributed by atoms with E-state index in [9.17, 15) is 10.1 Å². The van der Waals surface area contributed by atoms with Crippen LogP contribution in [0.1, 0.15) is 5.56 Å². The van der Waals surface area contributed by atoms with Gasteiger partial charge < -0.3 is 4.98 Å². The fourth-order valence-electron chi connectivity index (χ4n) is 1.73. The predicted octanol–water partition coefficient (Wildman–Crippen LogP) is 2.28. The molecule has 0 aliphatic rings. The first kappa shape index (κ1) is 13.0. The summed E-state index contributed by atoms with van der Waals surface area (Å²) in [4.78, 5) is 25.9. The number of nitrogens with zero attached hydrogens (tertiary/aromatic N) is 5. The van der Waals surface area contributed by atoms with Crippen LogP contribution in [0, 0.1) is 21.4 Å². The first-order chi connectivity index (χ1) is 10.2. The monoisotopic (exact) mass is 298 g/mol. The minimum atomic E-state index is -0.535. The number of aromatic nitrogens is 4. The fourth-order valence-corrected chi connectivity index (χ4v) is 2.64. The molecule has 3 aromatic rings. The zero-order valence-corrected chi connectivity index (χ0v) is 11.2. The SMILES string of the molecule is N#Cc1cc([N+](=O)[O-])ccc1Sc1ncnc2nc[nH]c12. The van der Waals surface area contributed by atoms with Crippen LogP contribution in [0.4, 0.5) is 5.69 Å². The van der Waals surface area contributed by atoms with E-state index in [1.807, 2.05) is 6.07 Å². The average molecular weight is 298 g/mol. The van der Waals surface area contributed by atoms with Crippen molar-refractivity contribution < 1.29 is 4.92 Å². The van der Waals surface area contributed by atoms with Gasteiger partial charge in [0.25, 0.3) is 5.69 Å². The Kier molecular flexibility index (Phi) is 3.21. The lowest BCUT2D eigenvalue weighted by atomic mass is 10.2. The van der Waals surface area contributed by atoms with Crippen LogP contribution in [-0.2, 0) is 0 Å². The molecule has 102 valence electrons. The number of nitro groups is 1. The molecule has 3 rings (SSSR count). The molecule has 0 bridgehead atoms. The van der Waals surface area contributed by atoms with Crippen LogP contribution < -0.4 is 0 Å². The van der Waals surface area contributed by atoms with E-state index in [1.54, 1.807) is 0 Å². The van der Waals surface area contributed by atoms with E-state index in [0.717, 1.165) is 0 Å². The topological polar surface area (TPSA) is 121 Å². The summed E-state index contributed by atoms with van der Waals surface area (Å²) in [5, 5.41) is 20.5. The van der Waals surface area contributed by atoms with E-state index >= 15 is 0 Å². The first-order valence-corrected chi connectivity index (χ1v) is 6.51. The summed E-state index contributed by atoms with van der Waals surface area (Å²) in [6.07, 6.45) is 2.88. The van der Waals surface area contributed by atoms with Crippen LogP contribution in [0.5, 0.6) is 0 Å². The minimum absolute atomic E-state index is 0.120. The van der Waals surface area contributed by atoms with Gasteiger partial charge in [0.2, 0.25) is 0 Å². The Morgan fingerprint density at radius 1 is 1.33 bits per heavy atom. The van der Waals surface area contributed by atoms with E-state index in [1.165, 1.54) is 42.6 Å². The molecular formula is C12H6N6O2S. The summed E-state index contributed by atoms with van der Waals surface area (Å²) < 4.78 is 0. The number of rotatable bonds is 3. The number of fused-ring (bicyclic) bond motifs is 1. The van der Waals surface area contributed by atoms with Gasteiger partial charge in [-0.3, -0.25) is 10.1 Å². The molecule has 2 aromatic heterocycles. The highest BCUT2D eigenvalue weighted by atomic mass is 32.2. The quantitative estimate of drug-likeness (QED) is 0.447. The van der Waals surface area contributed by atoms with Gasteiger partial charge in [-0.2, -0.15) is 5.26 Å². The van der Waals surface area contributed by atoms with Gasteiger partial charge in [-0.25, -0.2) is 15.0 Å². The second kappa shape index (κ2) is 5.18. The molecule has 0 saturated heterocycles. The Morgan fingerprint density at radius 3 is 2.95 bits per heavy atom. The van der Waals surface area contributed by atoms with E-state index < -0.39 is 4.92 Å². The van der Waals surface area contributed by atoms with Gasteiger partial charge in [0.05, 0.1) is 16.8 Å². The van der Waals surface area contributed by atoms with Crippen LogP contribution in [-0.4, -0.2) is 24.9 Å². The number of non-ortho nitro benzene ring substituents is 1. The molecule has 0 saturated carbocycles. The third-order valence-electron chi connectivity index (χ3n) is 2.69. The fraction of sp³-hybridized carbons (Fsp3) is 0. The average Bonchev–Trinajstić information content (AvgIpc) is 2.97. The second-order valence-electron chi connectivity index (χ2n) is 3.93. The maximum absolute atomic E-state index is 10.7. The molecule has 0 fully saturated rings. The summed E-state index contributed by atoms with van der Waals surface area (Å²) in [6.45, 7) is 0. The molecule has 0 unspecified atom stereocenters. The minimum Gasteiger partial charge on any atom is -0.341 e. The number of aromatic amines is 1. The molecule has 0 spiro atoms. The number of nitro benzene ring substituents is 1. The smallest absolute Gasteiger partial charge is 0.270 e. The highest BCUT2D eigenvalue weighted by Gasteiger charge is 2.14. The van der Waals surface area contributed by atoms with Crippen molar-refractivity contribution in [3.63, 3.8) is 0 Å². The standard InChI is InChI=1S/C12H6N6O2S/c13-4-7-3-8(18(19)20)1-2-9(7)21-12-10-11(15-5-14-10)16-6-17-12/h1-3,5-6H,(H,14,15,16,17). The van der Waals surface area contributed by atoms with Gasteiger partial charge in [0.15, 0.2) is 5.65 Å². The Labute approximate surface area is 122 Å². The number of imidazole rings is 1. The highest BCUT2D eigenvalue weighted by molar-refractivity contribution is 7.99. The van der Waals surface area contributed by atoms with Crippen molar-refractivity contribution in [2.75, 3.05) is 0 Å². The Morgan fingerprint density at radius 2 is 2.19 bits per heavy atom. The van der Waals surface area contributed by atoms with E-state index in [2.05, 4.69) is 19.9 Å². The molecule has 8 nitrogen and oxygen atoms in total. The number of hydrogen-bond acceptors (Lipinski definition) is 7. The van der Waals surface area contributed by atoms with Crippen molar-refractivity contribution in [2.45, 2.75) is 9.92 Å². The van der Waals surface area contributed by atoms with E-state index in [-0.39, 0.29) is 11.3 Å². The Hall–Kier alpha value is -2.99. The van der Waals surface area contributed by atoms with Crippen LogP contribution in [0.15, 0.2) is 40.8 Å². The number of hydrogen-bond donors (Lipinski definition) is 1. The van der Waals surface area contributed by atoms with Crippen LogP contribution >= 0.6 is 11.8 Å². The van der Waals surface area contributed by atoms with Gasteiger partial charge >= 0.3 is 0 Å². The van der Waals surface area contributed by atoms with Crippen molar-refractivity contribution >= 4 is 28.6 Å². The number of nitriles is 1. The van der Waals surface area contributed by atoms with Gasteiger partial charge in [0.1, 0.15) is 22.9 Å². The molecule has 2 heterocycles. The van der Waals surface area contributed by atoms with Gasteiger partial charge in [-0.15, -0.1) is 0 Å². The number of H-pyrrole nitrogens is 1. The van der Waals surface area contributed by atoms with Gasteiger partial charge in [0, 0.05) is 17.0 Å². The molecule has 9 heteroatoms. The highest BCUT2D eigenvalue weighted by Crippen LogP contribution is 2.33. The summed E-state index contributed by atoms with van der Waals surface area (Å²) in [6, 6.07) is 6.09. The summed E-state index contributed by atoms with van der Waals surface area (Å²) in [5.41, 5.74) is 1.28.